The number of aromatic amines is 1. The first-order chi connectivity index (χ1) is 6.18. The molecule has 0 saturated carbocycles. The summed E-state index contributed by atoms with van der Waals surface area (Å²) >= 11 is 5.11. The molecule has 0 bridgehead atoms. The molecule has 1 aromatic heterocycles. The maximum absolute atomic E-state index is 5.11. The van der Waals surface area contributed by atoms with Crippen LogP contribution in [0.1, 0.15) is 11.1 Å². The number of hydrogen-bond acceptors (Lipinski definition) is 2. The number of hydrogen-bond donors (Lipinski definition) is 1. The first kappa shape index (κ1) is 9.86. The molecule has 68 valence electrons. The largest absolute Gasteiger partial charge is 0.286 e. The van der Waals surface area contributed by atoms with Gasteiger partial charge in [-0.25, -0.2) is 0 Å². The molecule has 0 aliphatic heterocycles. The van der Waals surface area contributed by atoms with Crippen molar-refractivity contribution >= 4 is 12.2 Å². The van der Waals surface area contributed by atoms with E-state index < -0.39 is 0 Å². The predicted octanol–water partition coefficient (Wildman–Crippen LogP) is 2.88. The molecular weight excluding hydrogens is 180 g/mol. The quantitative estimate of drug-likeness (QED) is 0.640. The van der Waals surface area contributed by atoms with Crippen LogP contribution >= 0.6 is 12.2 Å². The van der Waals surface area contributed by atoms with Crippen LogP contribution in [-0.4, -0.2) is 10.2 Å². The van der Waals surface area contributed by atoms with Crippen molar-refractivity contribution in [1.29, 1.82) is 0 Å². The van der Waals surface area contributed by atoms with Gasteiger partial charge in [-0.1, -0.05) is 18.3 Å². The minimum absolute atomic E-state index is 0.818. The lowest BCUT2D eigenvalue weighted by Crippen LogP contribution is -1.76. The van der Waals surface area contributed by atoms with E-state index in [1.54, 1.807) is 6.20 Å². The van der Waals surface area contributed by atoms with Gasteiger partial charge < -0.3 is 0 Å². The number of aromatic nitrogens is 2. The Kier molecular flexibility index (Phi) is 3.58. The molecule has 2 nitrogen and oxygen atoms in total. The fraction of sp³-hybridized carbons (Fsp3) is 0.200. The minimum Gasteiger partial charge on any atom is -0.286 e. The molecule has 3 heteroatoms. The number of nitrogens with zero attached hydrogens (tertiary/aromatic N) is 1. The second-order valence-electron chi connectivity index (χ2n) is 2.90. The Hall–Kier alpha value is -1.22. The molecule has 0 aliphatic carbocycles. The Morgan fingerprint density at radius 3 is 2.77 bits per heavy atom. The topological polar surface area (TPSA) is 28.7 Å². The molecule has 0 radical (unpaired) electrons. The van der Waals surface area contributed by atoms with Crippen LogP contribution < -0.4 is 0 Å². The Morgan fingerprint density at radius 1 is 1.23 bits per heavy atom. The molecule has 0 spiro atoms. The van der Waals surface area contributed by atoms with Crippen LogP contribution in [0.15, 0.2) is 30.6 Å². The summed E-state index contributed by atoms with van der Waals surface area (Å²) in [4.78, 5) is 0. The molecule has 0 unspecified atom stereocenters. The number of H-pyrrole nitrogens is 1. The van der Waals surface area contributed by atoms with Gasteiger partial charge in [-0.3, -0.25) is 5.10 Å². The highest BCUT2D eigenvalue weighted by Crippen LogP contribution is 1.93. The van der Waals surface area contributed by atoms with Crippen molar-refractivity contribution in [2.45, 2.75) is 13.8 Å². The summed E-state index contributed by atoms with van der Waals surface area (Å²) in [5.74, 6) is 0. The third-order valence-corrected chi connectivity index (χ3v) is 1.77. The highest BCUT2D eigenvalue weighted by atomic mass is 32.1. The Bertz CT molecular complexity index is 394. The third kappa shape index (κ3) is 3.80. The van der Waals surface area contributed by atoms with Crippen LogP contribution in [-0.2, 0) is 0 Å². The van der Waals surface area contributed by atoms with Crippen LogP contribution in [0.2, 0.25) is 0 Å². The Labute approximate surface area is 83.0 Å². The molecule has 1 heterocycles. The maximum atomic E-state index is 5.11. The zero-order valence-electron chi connectivity index (χ0n) is 7.74. The Morgan fingerprint density at radius 2 is 2.00 bits per heavy atom. The van der Waals surface area contributed by atoms with Crippen molar-refractivity contribution in [3.8, 4) is 0 Å². The van der Waals surface area contributed by atoms with Crippen LogP contribution in [0.4, 0.5) is 0 Å². The summed E-state index contributed by atoms with van der Waals surface area (Å²) < 4.78 is 0.818. The van der Waals surface area contributed by atoms with E-state index in [-0.39, 0.29) is 0 Å². The van der Waals surface area contributed by atoms with Gasteiger partial charge in [0.2, 0.25) is 0 Å². The number of rotatable bonds is 0. The smallest absolute Gasteiger partial charge is 0.0501 e. The summed E-state index contributed by atoms with van der Waals surface area (Å²) in [5.41, 5.74) is 2.13. The van der Waals surface area contributed by atoms with Gasteiger partial charge in [-0.2, -0.15) is 5.10 Å². The summed E-state index contributed by atoms with van der Waals surface area (Å²) in [7, 11) is 0. The minimum atomic E-state index is 0.818. The van der Waals surface area contributed by atoms with Crippen molar-refractivity contribution in [3.63, 3.8) is 0 Å². The lowest BCUT2D eigenvalue weighted by Gasteiger charge is -1.85. The van der Waals surface area contributed by atoms with E-state index in [1.165, 1.54) is 0 Å². The Balaban J connectivity index is 3.40. The van der Waals surface area contributed by atoms with E-state index in [9.17, 15) is 0 Å². The van der Waals surface area contributed by atoms with Gasteiger partial charge in [0.1, 0.15) is 0 Å². The van der Waals surface area contributed by atoms with Crippen molar-refractivity contribution < 1.29 is 0 Å². The summed E-state index contributed by atoms with van der Waals surface area (Å²) in [6, 6.07) is 5.78. The van der Waals surface area contributed by atoms with E-state index in [2.05, 4.69) is 10.2 Å². The third-order valence-electron chi connectivity index (χ3n) is 1.52. The molecule has 0 aliphatic rings. The van der Waals surface area contributed by atoms with Gasteiger partial charge in [-0.15, -0.1) is 0 Å². The van der Waals surface area contributed by atoms with Crippen molar-refractivity contribution in [2.75, 3.05) is 0 Å². The SMILES string of the molecule is Cc1ccc(=S)cc(C)cn[nH]c1. The molecule has 1 rings (SSSR count). The van der Waals surface area contributed by atoms with Crippen molar-refractivity contribution in [3.05, 3.63) is 46.2 Å². The maximum Gasteiger partial charge on any atom is 0.0501 e. The first-order valence-electron chi connectivity index (χ1n) is 4.04. The van der Waals surface area contributed by atoms with Gasteiger partial charge in [0.25, 0.3) is 0 Å². The normalized spacial score (nSPS) is 9.08. The fourth-order valence-corrected chi connectivity index (χ4v) is 1.10. The number of nitrogens with one attached hydrogen (secondary N) is 1. The molecule has 0 aromatic carbocycles. The van der Waals surface area contributed by atoms with E-state index in [1.807, 2.05) is 38.2 Å². The molecule has 0 atom stereocenters. The van der Waals surface area contributed by atoms with Gasteiger partial charge in [0, 0.05) is 10.7 Å². The summed E-state index contributed by atoms with van der Waals surface area (Å²) in [5, 5.41) is 6.81. The van der Waals surface area contributed by atoms with E-state index in [4.69, 9.17) is 12.2 Å². The highest BCUT2D eigenvalue weighted by Gasteiger charge is 1.78. The zero-order valence-corrected chi connectivity index (χ0v) is 8.56. The summed E-state index contributed by atoms with van der Waals surface area (Å²) in [6.45, 7) is 3.95. The molecule has 1 aromatic rings. The standard InChI is InChI=1S/C10H12N2S/c1-8-3-4-10(13)5-9(2)7-12-11-6-8/h3-7,11H,1-2H3. The molecule has 0 amide bonds. The number of aryl methyl sites for hydroxylation is 2. The molecular formula is C10H12N2S. The van der Waals surface area contributed by atoms with E-state index in [0.717, 1.165) is 15.6 Å². The van der Waals surface area contributed by atoms with Crippen LogP contribution in [0, 0.1) is 18.4 Å². The second kappa shape index (κ2) is 4.72. The van der Waals surface area contributed by atoms with Gasteiger partial charge in [0.15, 0.2) is 0 Å². The highest BCUT2D eigenvalue weighted by molar-refractivity contribution is 7.71. The van der Waals surface area contributed by atoms with Crippen LogP contribution in [0.25, 0.3) is 0 Å². The van der Waals surface area contributed by atoms with E-state index in [0.29, 0.717) is 0 Å². The molecule has 0 fully saturated rings. The van der Waals surface area contributed by atoms with Gasteiger partial charge in [-0.05, 0) is 37.1 Å². The van der Waals surface area contributed by atoms with Crippen LogP contribution in [0.5, 0.6) is 0 Å². The lowest BCUT2D eigenvalue weighted by molar-refractivity contribution is 1.03. The van der Waals surface area contributed by atoms with Gasteiger partial charge in [0.05, 0.1) is 6.20 Å². The van der Waals surface area contributed by atoms with E-state index >= 15 is 0 Å². The summed E-state index contributed by atoms with van der Waals surface area (Å²) in [6.07, 6.45) is 3.57. The van der Waals surface area contributed by atoms with Crippen molar-refractivity contribution in [2.24, 2.45) is 0 Å². The zero-order chi connectivity index (χ0) is 9.68. The van der Waals surface area contributed by atoms with Gasteiger partial charge >= 0.3 is 0 Å². The van der Waals surface area contributed by atoms with Crippen molar-refractivity contribution in [1.82, 2.24) is 10.2 Å². The average molecular weight is 192 g/mol. The predicted molar refractivity (Wildman–Crippen MR) is 56.5 cm³/mol. The lowest BCUT2D eigenvalue weighted by atomic mass is 10.3. The fourth-order valence-electron chi connectivity index (χ4n) is 0.850. The molecule has 0 saturated heterocycles. The second-order valence-corrected chi connectivity index (χ2v) is 3.37. The van der Waals surface area contributed by atoms with Crippen LogP contribution in [0.3, 0.4) is 0 Å². The molecule has 13 heavy (non-hydrogen) atoms. The monoisotopic (exact) mass is 192 g/mol. The average Bonchev–Trinajstić information content (AvgIpc) is 2.08. The molecule has 1 N–H and O–H groups in total. The first-order valence-corrected chi connectivity index (χ1v) is 4.45.